The van der Waals surface area contributed by atoms with Gasteiger partial charge >= 0.3 is 0 Å². The van der Waals surface area contributed by atoms with Crippen molar-refractivity contribution in [3.05, 3.63) is 29.3 Å². The van der Waals surface area contributed by atoms with Gasteiger partial charge in [-0.1, -0.05) is 17.7 Å². The molecule has 0 N–H and O–H groups in total. The smallest absolute Gasteiger partial charge is 0.263 e. The van der Waals surface area contributed by atoms with Gasteiger partial charge in [-0.15, -0.1) is 0 Å². The molecule has 0 bridgehead atoms. The van der Waals surface area contributed by atoms with E-state index < -0.39 is 6.10 Å². The summed E-state index contributed by atoms with van der Waals surface area (Å²) in [6, 6.07) is 7.11. The minimum atomic E-state index is -0.509. The first-order valence-corrected chi connectivity index (χ1v) is 7.68. The maximum atomic E-state index is 12.5. The Labute approximate surface area is 131 Å². The third-order valence-electron chi connectivity index (χ3n) is 3.69. The van der Waals surface area contributed by atoms with E-state index in [2.05, 4.69) is 0 Å². The monoisotopic (exact) mass is 311 g/mol. The van der Waals surface area contributed by atoms with Crippen LogP contribution in [-0.4, -0.2) is 43.7 Å². The van der Waals surface area contributed by atoms with Crippen molar-refractivity contribution in [1.82, 2.24) is 4.90 Å². The summed E-state index contributed by atoms with van der Waals surface area (Å²) in [6.07, 6.45) is 1.62. The number of ether oxygens (including phenoxy) is 2. The van der Waals surface area contributed by atoms with Crippen LogP contribution in [0.4, 0.5) is 0 Å². The molecule has 1 aromatic rings. The standard InChI is InChI=1S/C16H22ClNO3/c1-12(21-15-7-3-6-14(17)9-15)16(19)18-8-4-5-13(10-18)11-20-2/h3,6-7,9,12-13H,4-5,8,10-11H2,1-2H3. The normalized spacial score (nSPS) is 20.1. The van der Waals surface area contributed by atoms with Gasteiger partial charge in [0, 0.05) is 25.2 Å². The summed E-state index contributed by atoms with van der Waals surface area (Å²) >= 11 is 5.92. The molecule has 0 aromatic heterocycles. The Kier molecular flexibility index (Phi) is 5.88. The van der Waals surface area contributed by atoms with Crippen molar-refractivity contribution in [2.75, 3.05) is 26.8 Å². The van der Waals surface area contributed by atoms with Gasteiger partial charge in [0.25, 0.3) is 5.91 Å². The van der Waals surface area contributed by atoms with E-state index in [1.54, 1.807) is 32.2 Å². The van der Waals surface area contributed by atoms with Crippen molar-refractivity contribution < 1.29 is 14.3 Å². The Bertz CT molecular complexity index is 478. The van der Waals surface area contributed by atoms with Crippen molar-refractivity contribution in [2.45, 2.75) is 25.9 Å². The van der Waals surface area contributed by atoms with Crippen LogP contribution >= 0.6 is 11.6 Å². The highest BCUT2D eigenvalue weighted by Crippen LogP contribution is 2.21. The number of rotatable bonds is 5. The van der Waals surface area contributed by atoms with Gasteiger partial charge in [0.15, 0.2) is 6.10 Å². The molecule has 1 amide bonds. The molecule has 1 aromatic carbocycles. The molecule has 1 aliphatic heterocycles. The van der Waals surface area contributed by atoms with E-state index in [0.29, 0.717) is 23.3 Å². The first kappa shape index (κ1) is 16.1. The second-order valence-corrected chi connectivity index (χ2v) is 5.90. The van der Waals surface area contributed by atoms with E-state index in [1.807, 2.05) is 11.0 Å². The molecular formula is C16H22ClNO3. The van der Waals surface area contributed by atoms with Crippen LogP contribution < -0.4 is 4.74 Å². The SMILES string of the molecule is COCC1CCCN(C(=O)C(C)Oc2cccc(Cl)c2)C1. The van der Waals surface area contributed by atoms with E-state index in [0.717, 1.165) is 25.9 Å². The number of halogens is 1. The Morgan fingerprint density at radius 3 is 3.05 bits per heavy atom. The zero-order chi connectivity index (χ0) is 15.2. The van der Waals surface area contributed by atoms with Crippen molar-refractivity contribution in [3.8, 4) is 5.75 Å². The Morgan fingerprint density at radius 1 is 1.52 bits per heavy atom. The second kappa shape index (κ2) is 7.66. The summed E-state index contributed by atoms with van der Waals surface area (Å²) in [6.45, 7) is 4.02. The summed E-state index contributed by atoms with van der Waals surface area (Å²) < 4.78 is 10.9. The molecule has 5 heteroatoms. The fourth-order valence-corrected chi connectivity index (χ4v) is 2.87. The highest BCUT2D eigenvalue weighted by Gasteiger charge is 2.27. The van der Waals surface area contributed by atoms with Gasteiger partial charge in [-0.3, -0.25) is 4.79 Å². The Morgan fingerprint density at radius 2 is 2.33 bits per heavy atom. The molecule has 116 valence electrons. The Balaban J connectivity index is 1.92. The molecule has 1 aliphatic rings. The highest BCUT2D eigenvalue weighted by molar-refractivity contribution is 6.30. The maximum Gasteiger partial charge on any atom is 0.263 e. The van der Waals surface area contributed by atoms with Crippen LogP contribution in [0.2, 0.25) is 5.02 Å². The van der Waals surface area contributed by atoms with Crippen molar-refractivity contribution in [2.24, 2.45) is 5.92 Å². The van der Waals surface area contributed by atoms with Crippen molar-refractivity contribution >= 4 is 17.5 Å². The van der Waals surface area contributed by atoms with Crippen LogP contribution in [0, 0.1) is 5.92 Å². The largest absolute Gasteiger partial charge is 0.481 e. The number of amides is 1. The predicted molar refractivity (Wildman–Crippen MR) is 82.7 cm³/mol. The number of hydrogen-bond donors (Lipinski definition) is 0. The van der Waals surface area contributed by atoms with Crippen LogP contribution in [0.1, 0.15) is 19.8 Å². The number of carbonyl (C=O) groups excluding carboxylic acids is 1. The molecule has 4 nitrogen and oxygen atoms in total. The summed E-state index contributed by atoms with van der Waals surface area (Å²) in [5.41, 5.74) is 0. The molecule has 21 heavy (non-hydrogen) atoms. The minimum Gasteiger partial charge on any atom is -0.481 e. The molecule has 2 atom stereocenters. The first-order valence-electron chi connectivity index (χ1n) is 7.30. The number of methoxy groups -OCH3 is 1. The molecule has 0 spiro atoms. The Hall–Kier alpha value is -1.26. The van der Waals surface area contributed by atoms with E-state index in [4.69, 9.17) is 21.1 Å². The van der Waals surface area contributed by atoms with Crippen LogP contribution in [0.5, 0.6) is 5.75 Å². The van der Waals surface area contributed by atoms with Gasteiger partial charge in [-0.05, 0) is 43.9 Å². The fourth-order valence-electron chi connectivity index (χ4n) is 2.69. The van der Waals surface area contributed by atoms with Gasteiger partial charge in [0.2, 0.25) is 0 Å². The molecule has 2 unspecified atom stereocenters. The lowest BCUT2D eigenvalue weighted by Gasteiger charge is -2.34. The topological polar surface area (TPSA) is 38.8 Å². The van der Waals surface area contributed by atoms with E-state index in [-0.39, 0.29) is 5.91 Å². The van der Waals surface area contributed by atoms with Crippen LogP contribution in [0.15, 0.2) is 24.3 Å². The summed E-state index contributed by atoms with van der Waals surface area (Å²) in [5.74, 6) is 1.07. The summed E-state index contributed by atoms with van der Waals surface area (Å²) in [7, 11) is 1.70. The summed E-state index contributed by atoms with van der Waals surface area (Å²) in [5, 5.41) is 0.602. The van der Waals surface area contributed by atoms with Gasteiger partial charge in [0.05, 0.1) is 6.61 Å². The van der Waals surface area contributed by atoms with Gasteiger partial charge in [-0.2, -0.15) is 0 Å². The van der Waals surface area contributed by atoms with E-state index >= 15 is 0 Å². The third kappa shape index (κ3) is 4.61. The molecule has 1 saturated heterocycles. The average molecular weight is 312 g/mol. The lowest BCUT2D eigenvalue weighted by Crippen LogP contribution is -2.46. The molecule has 0 aliphatic carbocycles. The van der Waals surface area contributed by atoms with Gasteiger partial charge in [-0.25, -0.2) is 0 Å². The fraction of sp³-hybridized carbons (Fsp3) is 0.562. The van der Waals surface area contributed by atoms with E-state index in [1.165, 1.54) is 0 Å². The molecule has 0 saturated carbocycles. The molecular weight excluding hydrogens is 290 g/mol. The van der Waals surface area contributed by atoms with Crippen molar-refractivity contribution in [1.29, 1.82) is 0 Å². The number of benzene rings is 1. The number of nitrogens with zero attached hydrogens (tertiary/aromatic N) is 1. The van der Waals surface area contributed by atoms with Gasteiger partial charge in [0.1, 0.15) is 5.75 Å². The highest BCUT2D eigenvalue weighted by atomic mass is 35.5. The van der Waals surface area contributed by atoms with Crippen LogP contribution in [-0.2, 0) is 9.53 Å². The van der Waals surface area contributed by atoms with E-state index in [9.17, 15) is 4.79 Å². The van der Waals surface area contributed by atoms with Gasteiger partial charge < -0.3 is 14.4 Å². The van der Waals surface area contributed by atoms with Crippen LogP contribution in [0.25, 0.3) is 0 Å². The molecule has 2 rings (SSSR count). The number of piperidine rings is 1. The van der Waals surface area contributed by atoms with Crippen molar-refractivity contribution in [3.63, 3.8) is 0 Å². The molecule has 1 fully saturated rings. The molecule has 0 radical (unpaired) electrons. The lowest BCUT2D eigenvalue weighted by molar-refractivity contribution is -0.140. The third-order valence-corrected chi connectivity index (χ3v) is 3.92. The minimum absolute atomic E-state index is 0.0239. The lowest BCUT2D eigenvalue weighted by atomic mass is 9.98. The van der Waals surface area contributed by atoms with Crippen LogP contribution in [0.3, 0.4) is 0 Å². The zero-order valence-corrected chi connectivity index (χ0v) is 13.3. The average Bonchev–Trinajstić information content (AvgIpc) is 2.47. The quantitative estimate of drug-likeness (QED) is 0.839. The number of hydrogen-bond acceptors (Lipinski definition) is 3. The zero-order valence-electron chi connectivity index (χ0n) is 12.5. The number of carbonyl (C=O) groups is 1. The first-order chi connectivity index (χ1) is 10.1. The molecule has 1 heterocycles. The maximum absolute atomic E-state index is 12.5. The summed E-state index contributed by atoms with van der Waals surface area (Å²) in [4.78, 5) is 14.3. The predicted octanol–water partition coefficient (Wildman–Crippen LogP) is 2.99. The number of likely N-dealkylation sites (tertiary alicyclic amines) is 1. The second-order valence-electron chi connectivity index (χ2n) is 5.47.